The van der Waals surface area contributed by atoms with Crippen LogP contribution in [0, 0.1) is 5.41 Å². The van der Waals surface area contributed by atoms with E-state index in [9.17, 15) is 18.0 Å². The minimum Gasteiger partial charge on any atom is -0.337 e. The van der Waals surface area contributed by atoms with Gasteiger partial charge in [-0.25, -0.2) is 14.8 Å². The zero-order valence-electron chi connectivity index (χ0n) is 20.4. The molecule has 4 atom stereocenters. The molecule has 0 radical (unpaired) electrons. The van der Waals surface area contributed by atoms with Crippen LogP contribution in [0.25, 0.3) is 0 Å². The maximum absolute atomic E-state index is 13.1. The molecular formula is C23H34F3N7OS. The van der Waals surface area contributed by atoms with Gasteiger partial charge in [0.05, 0.1) is 10.9 Å². The molecule has 4 aliphatic rings. The van der Waals surface area contributed by atoms with Gasteiger partial charge in [-0.1, -0.05) is 0 Å². The summed E-state index contributed by atoms with van der Waals surface area (Å²) in [6, 6.07) is 0.514. The van der Waals surface area contributed by atoms with E-state index in [1.165, 1.54) is 5.75 Å². The van der Waals surface area contributed by atoms with Crippen LogP contribution >= 0.6 is 11.8 Å². The fourth-order valence-electron chi connectivity index (χ4n) is 6.16. The lowest BCUT2D eigenvalue weighted by Crippen LogP contribution is -2.69. The second kappa shape index (κ2) is 9.26. The fraction of sp³-hybridized carbons (Fsp3) is 0.783. The fourth-order valence-corrected chi connectivity index (χ4v) is 7.42. The number of hydrogen-bond donors (Lipinski definition) is 2. The molecule has 1 aliphatic carbocycles. The Morgan fingerprint density at radius 1 is 1.17 bits per heavy atom. The molecule has 1 aromatic heterocycles. The zero-order chi connectivity index (χ0) is 25.0. The Bertz CT molecular complexity index is 907. The summed E-state index contributed by atoms with van der Waals surface area (Å²) in [6.45, 7) is 10.4. The van der Waals surface area contributed by atoms with Crippen LogP contribution in [0.4, 0.5) is 23.9 Å². The van der Waals surface area contributed by atoms with Crippen molar-refractivity contribution in [2.45, 2.75) is 69.3 Å². The minimum atomic E-state index is -4.46. The number of piperazine rings is 1. The Kier molecular flexibility index (Phi) is 6.58. The third-order valence-electron chi connectivity index (χ3n) is 7.65. The van der Waals surface area contributed by atoms with E-state index in [1.807, 2.05) is 35.4 Å². The van der Waals surface area contributed by atoms with Gasteiger partial charge in [-0.15, -0.1) is 11.8 Å². The van der Waals surface area contributed by atoms with Gasteiger partial charge >= 0.3 is 12.2 Å². The van der Waals surface area contributed by atoms with Crippen molar-refractivity contribution in [2.75, 3.05) is 43.4 Å². The van der Waals surface area contributed by atoms with Crippen LogP contribution in [-0.2, 0) is 6.18 Å². The molecule has 2 amide bonds. The number of aromatic nitrogens is 2. The van der Waals surface area contributed by atoms with Crippen molar-refractivity contribution in [3.63, 3.8) is 0 Å². The first-order valence-electron chi connectivity index (χ1n) is 12.3. The number of alkyl halides is 3. The topological polar surface area (TPSA) is 76.6 Å². The van der Waals surface area contributed by atoms with Crippen molar-refractivity contribution < 1.29 is 18.0 Å². The summed E-state index contributed by atoms with van der Waals surface area (Å²) in [7, 11) is 0. The number of rotatable bonds is 4. The highest BCUT2D eigenvalue weighted by atomic mass is 32.2. The van der Waals surface area contributed by atoms with E-state index in [1.54, 1.807) is 0 Å². The van der Waals surface area contributed by atoms with Crippen molar-refractivity contribution in [3.8, 4) is 0 Å². The molecule has 12 heteroatoms. The molecule has 35 heavy (non-hydrogen) atoms. The summed E-state index contributed by atoms with van der Waals surface area (Å²) in [5.41, 5.74) is -0.500. The van der Waals surface area contributed by atoms with E-state index in [0.717, 1.165) is 44.9 Å². The summed E-state index contributed by atoms with van der Waals surface area (Å²) < 4.78 is 38.4. The number of hydrogen-bond acceptors (Lipinski definition) is 7. The van der Waals surface area contributed by atoms with Crippen LogP contribution in [0.3, 0.4) is 0 Å². The van der Waals surface area contributed by atoms with Gasteiger partial charge in [0.1, 0.15) is 0 Å². The molecule has 194 valence electrons. The number of carbonyl (C=O) groups is 1. The van der Waals surface area contributed by atoms with Gasteiger partial charge in [0.15, 0.2) is 0 Å². The summed E-state index contributed by atoms with van der Waals surface area (Å²) in [4.78, 5) is 27.1. The van der Waals surface area contributed by atoms with Crippen LogP contribution in [0.2, 0.25) is 0 Å². The molecular weight excluding hydrogens is 479 g/mol. The number of amides is 2. The van der Waals surface area contributed by atoms with Gasteiger partial charge < -0.3 is 20.4 Å². The predicted molar refractivity (Wildman–Crippen MR) is 129 cm³/mol. The summed E-state index contributed by atoms with van der Waals surface area (Å²) in [5.74, 6) is 1.44. The maximum Gasteiger partial charge on any atom is 0.419 e. The smallest absolute Gasteiger partial charge is 0.337 e. The number of halogens is 3. The lowest BCUT2D eigenvalue weighted by Gasteiger charge is -2.60. The maximum atomic E-state index is 13.1. The van der Waals surface area contributed by atoms with Crippen LogP contribution in [-0.4, -0.2) is 93.8 Å². The number of nitrogens with zero attached hydrogens (tertiary/aromatic N) is 5. The van der Waals surface area contributed by atoms with Gasteiger partial charge in [0, 0.05) is 75.0 Å². The second-order valence-corrected chi connectivity index (χ2v) is 12.1. The highest BCUT2D eigenvalue weighted by molar-refractivity contribution is 8.00. The highest BCUT2D eigenvalue weighted by Crippen LogP contribution is 2.48. The van der Waals surface area contributed by atoms with Crippen molar-refractivity contribution in [3.05, 3.63) is 18.0 Å². The predicted octanol–water partition coefficient (Wildman–Crippen LogP) is 2.62. The largest absolute Gasteiger partial charge is 0.419 e. The molecule has 0 aromatic carbocycles. The Hall–Kier alpha value is -1.79. The molecule has 1 aromatic rings. The van der Waals surface area contributed by atoms with E-state index in [2.05, 4.69) is 32.4 Å². The van der Waals surface area contributed by atoms with Crippen molar-refractivity contribution >= 4 is 23.7 Å². The molecule has 3 saturated heterocycles. The van der Waals surface area contributed by atoms with Crippen LogP contribution < -0.4 is 15.5 Å². The van der Waals surface area contributed by atoms with Crippen molar-refractivity contribution in [2.24, 2.45) is 5.41 Å². The lowest BCUT2D eigenvalue weighted by atomic mass is 9.60. The van der Waals surface area contributed by atoms with Gasteiger partial charge in [-0.3, -0.25) is 4.90 Å². The monoisotopic (exact) mass is 513 g/mol. The number of thioether (sulfide) groups is 1. The normalized spacial score (nSPS) is 31.4. The molecule has 4 fully saturated rings. The SMILES string of the molecule is CC1CSC(CN2CC3(CC(NC(=O)N4[C@H](C)CN(c5ncc(C(F)(F)F)cn5)C[C@@H]4C)C3)C2)N1. The third kappa shape index (κ3) is 5.20. The van der Waals surface area contributed by atoms with E-state index in [0.29, 0.717) is 29.9 Å². The highest BCUT2D eigenvalue weighted by Gasteiger charge is 2.53. The Balaban J connectivity index is 1.07. The van der Waals surface area contributed by atoms with Gasteiger partial charge in [0.25, 0.3) is 0 Å². The number of nitrogens with one attached hydrogen (secondary N) is 2. The summed E-state index contributed by atoms with van der Waals surface area (Å²) in [6.07, 6.45) is -0.778. The van der Waals surface area contributed by atoms with E-state index < -0.39 is 11.7 Å². The Morgan fingerprint density at radius 2 is 1.80 bits per heavy atom. The van der Waals surface area contributed by atoms with Gasteiger partial charge in [-0.05, 0) is 39.0 Å². The van der Waals surface area contributed by atoms with Gasteiger partial charge in [-0.2, -0.15) is 13.2 Å². The first kappa shape index (κ1) is 24.9. The quantitative estimate of drug-likeness (QED) is 0.641. The average molecular weight is 514 g/mol. The van der Waals surface area contributed by atoms with E-state index >= 15 is 0 Å². The number of carbonyl (C=O) groups excluding carboxylic acids is 1. The summed E-state index contributed by atoms with van der Waals surface area (Å²) in [5, 5.41) is 7.37. The number of anilines is 1. The molecule has 2 N–H and O–H groups in total. The standard InChI is InChI=1S/C23H34F3N7OS/c1-14-11-35-19(29-14)10-31-12-22(13-31)4-18(5-22)30-21(34)33-15(2)8-32(9-16(33)3)20-27-6-17(7-28-20)23(24,25)26/h6-7,14-16,18-19,29H,4-5,8-13H2,1-3H3,(H,30,34)/t14?,15-,16+,19?. The first-order chi connectivity index (χ1) is 16.5. The number of likely N-dealkylation sites (tertiary alicyclic amines) is 1. The van der Waals surface area contributed by atoms with Crippen LogP contribution in [0.15, 0.2) is 12.4 Å². The van der Waals surface area contributed by atoms with Crippen LogP contribution in [0.5, 0.6) is 0 Å². The zero-order valence-corrected chi connectivity index (χ0v) is 21.2. The number of urea groups is 1. The second-order valence-electron chi connectivity index (χ2n) is 10.9. The Labute approximate surface area is 208 Å². The molecule has 5 rings (SSSR count). The molecule has 0 bridgehead atoms. The molecule has 3 aliphatic heterocycles. The molecule has 4 heterocycles. The van der Waals surface area contributed by atoms with Crippen molar-refractivity contribution in [1.82, 2.24) is 30.4 Å². The van der Waals surface area contributed by atoms with Crippen molar-refractivity contribution in [1.29, 1.82) is 0 Å². The third-order valence-corrected chi connectivity index (χ3v) is 9.03. The minimum absolute atomic E-state index is 0.0606. The molecule has 1 saturated carbocycles. The first-order valence-corrected chi connectivity index (χ1v) is 13.4. The molecule has 2 unspecified atom stereocenters. The molecule has 1 spiro atoms. The van der Waals surface area contributed by atoms with E-state index in [4.69, 9.17) is 0 Å². The van der Waals surface area contributed by atoms with Crippen LogP contribution in [0.1, 0.15) is 39.2 Å². The average Bonchev–Trinajstić information content (AvgIpc) is 3.14. The summed E-state index contributed by atoms with van der Waals surface area (Å²) >= 11 is 2.01. The Morgan fingerprint density at radius 3 is 2.34 bits per heavy atom. The van der Waals surface area contributed by atoms with E-state index in [-0.39, 0.29) is 30.1 Å². The van der Waals surface area contributed by atoms with Gasteiger partial charge in [0.2, 0.25) is 5.95 Å². The lowest BCUT2D eigenvalue weighted by molar-refractivity contribution is -0.138. The molecule has 8 nitrogen and oxygen atoms in total.